The molecule has 1 fully saturated rings. The Bertz CT molecular complexity index is 465. The minimum atomic E-state index is -0.187. The largest absolute Gasteiger partial charge is 0.337 e. The molecule has 0 N–H and O–H groups in total. The number of benzene rings is 1. The van der Waals surface area contributed by atoms with Gasteiger partial charge in [0.15, 0.2) is 0 Å². The number of ketones is 1. The van der Waals surface area contributed by atoms with Crippen LogP contribution in [0.3, 0.4) is 0 Å². The van der Waals surface area contributed by atoms with Gasteiger partial charge >= 0.3 is 0 Å². The summed E-state index contributed by atoms with van der Waals surface area (Å²) in [4.78, 5) is 25.1. The SMILES string of the molecule is CC(C)(CCc1ccccc1)N1CCC(=O)CC1=O. The first-order chi connectivity index (χ1) is 8.99. The molecule has 19 heavy (non-hydrogen) atoms. The van der Waals surface area contributed by atoms with Gasteiger partial charge in [-0.2, -0.15) is 0 Å². The van der Waals surface area contributed by atoms with Gasteiger partial charge in [-0.3, -0.25) is 9.59 Å². The number of hydrogen-bond donors (Lipinski definition) is 0. The smallest absolute Gasteiger partial charge is 0.230 e. The number of amides is 1. The first kappa shape index (κ1) is 13.8. The molecule has 0 aliphatic carbocycles. The van der Waals surface area contributed by atoms with E-state index in [1.807, 2.05) is 23.1 Å². The summed E-state index contributed by atoms with van der Waals surface area (Å²) >= 11 is 0. The van der Waals surface area contributed by atoms with Crippen molar-refractivity contribution < 1.29 is 9.59 Å². The summed E-state index contributed by atoms with van der Waals surface area (Å²) < 4.78 is 0. The molecule has 3 heteroatoms. The van der Waals surface area contributed by atoms with E-state index in [1.54, 1.807) is 0 Å². The number of carbonyl (C=O) groups is 2. The molecule has 0 unspecified atom stereocenters. The highest BCUT2D eigenvalue weighted by Crippen LogP contribution is 2.25. The van der Waals surface area contributed by atoms with Gasteiger partial charge in [0.1, 0.15) is 5.78 Å². The van der Waals surface area contributed by atoms with Crippen LogP contribution in [0.15, 0.2) is 30.3 Å². The van der Waals surface area contributed by atoms with Gasteiger partial charge in [0.25, 0.3) is 0 Å². The van der Waals surface area contributed by atoms with E-state index in [2.05, 4.69) is 26.0 Å². The van der Waals surface area contributed by atoms with Gasteiger partial charge < -0.3 is 4.90 Å². The Labute approximate surface area is 114 Å². The molecule has 0 spiro atoms. The van der Waals surface area contributed by atoms with E-state index < -0.39 is 0 Å². The van der Waals surface area contributed by atoms with Crippen molar-refractivity contribution in [1.82, 2.24) is 4.90 Å². The molecule has 0 aromatic heterocycles. The zero-order chi connectivity index (χ0) is 13.9. The maximum atomic E-state index is 12.0. The lowest BCUT2D eigenvalue weighted by atomic mass is 9.91. The molecule has 2 rings (SSSR count). The molecule has 0 atom stereocenters. The predicted molar refractivity (Wildman–Crippen MR) is 74.8 cm³/mol. The van der Waals surface area contributed by atoms with E-state index in [9.17, 15) is 9.59 Å². The Morgan fingerprint density at radius 3 is 2.47 bits per heavy atom. The highest BCUT2D eigenvalue weighted by Gasteiger charge is 2.34. The Balaban J connectivity index is 1.98. The minimum Gasteiger partial charge on any atom is -0.337 e. The second-order valence-electron chi connectivity index (χ2n) is 5.81. The van der Waals surface area contributed by atoms with E-state index in [1.165, 1.54) is 5.56 Å². The quantitative estimate of drug-likeness (QED) is 0.779. The number of Topliss-reactive ketones (excluding diaryl/α,β-unsaturated/α-hetero) is 1. The van der Waals surface area contributed by atoms with Crippen molar-refractivity contribution in [3.8, 4) is 0 Å². The maximum Gasteiger partial charge on any atom is 0.230 e. The fourth-order valence-electron chi connectivity index (χ4n) is 2.58. The lowest BCUT2D eigenvalue weighted by Crippen LogP contribution is -2.51. The molecule has 0 radical (unpaired) electrons. The molecule has 1 heterocycles. The third kappa shape index (κ3) is 3.43. The summed E-state index contributed by atoms with van der Waals surface area (Å²) in [6, 6.07) is 10.3. The van der Waals surface area contributed by atoms with E-state index in [0.717, 1.165) is 12.8 Å². The topological polar surface area (TPSA) is 37.4 Å². The summed E-state index contributed by atoms with van der Waals surface area (Å²) in [6.07, 6.45) is 2.44. The van der Waals surface area contributed by atoms with Crippen LogP contribution in [0.4, 0.5) is 0 Å². The van der Waals surface area contributed by atoms with Crippen LogP contribution in [0.1, 0.15) is 38.7 Å². The monoisotopic (exact) mass is 259 g/mol. The van der Waals surface area contributed by atoms with Crippen LogP contribution >= 0.6 is 0 Å². The first-order valence-corrected chi connectivity index (χ1v) is 6.85. The van der Waals surface area contributed by atoms with Gasteiger partial charge in [0.05, 0.1) is 6.42 Å². The van der Waals surface area contributed by atoms with Crippen LogP contribution in [0.2, 0.25) is 0 Å². The standard InChI is InChI=1S/C16H21NO2/c1-16(2,10-8-13-6-4-3-5-7-13)17-11-9-14(18)12-15(17)19/h3-7H,8-12H2,1-2H3. The molecule has 1 aliphatic heterocycles. The number of aryl methyl sites for hydroxylation is 1. The zero-order valence-electron chi connectivity index (χ0n) is 11.7. The second kappa shape index (κ2) is 5.55. The van der Waals surface area contributed by atoms with Crippen LogP contribution in [-0.2, 0) is 16.0 Å². The molecule has 102 valence electrons. The fraction of sp³-hybridized carbons (Fsp3) is 0.500. The van der Waals surface area contributed by atoms with Crippen LogP contribution in [0, 0.1) is 0 Å². The Morgan fingerprint density at radius 1 is 1.16 bits per heavy atom. The molecule has 0 bridgehead atoms. The molecule has 1 aromatic carbocycles. The lowest BCUT2D eigenvalue weighted by Gasteiger charge is -2.40. The molecular weight excluding hydrogens is 238 g/mol. The Kier molecular flexibility index (Phi) is 4.03. The van der Waals surface area contributed by atoms with Crippen LogP contribution in [-0.4, -0.2) is 28.7 Å². The molecule has 1 aromatic rings. The van der Waals surface area contributed by atoms with Crippen molar-refractivity contribution >= 4 is 11.7 Å². The van der Waals surface area contributed by atoms with Crippen molar-refractivity contribution in [1.29, 1.82) is 0 Å². The normalized spacial score (nSPS) is 16.8. The number of piperidine rings is 1. The van der Waals surface area contributed by atoms with Gasteiger partial charge in [-0.05, 0) is 32.3 Å². The number of rotatable bonds is 4. The van der Waals surface area contributed by atoms with Crippen LogP contribution in [0.25, 0.3) is 0 Å². The van der Waals surface area contributed by atoms with Crippen molar-refractivity contribution in [3.05, 3.63) is 35.9 Å². The average Bonchev–Trinajstić information content (AvgIpc) is 2.37. The summed E-state index contributed by atoms with van der Waals surface area (Å²) in [5.41, 5.74) is 1.10. The summed E-state index contributed by atoms with van der Waals surface area (Å²) in [6.45, 7) is 4.74. The molecular formula is C16H21NO2. The van der Waals surface area contributed by atoms with Crippen molar-refractivity contribution in [3.63, 3.8) is 0 Å². The lowest BCUT2D eigenvalue weighted by molar-refractivity contribution is -0.144. The number of nitrogens with zero attached hydrogens (tertiary/aromatic N) is 1. The highest BCUT2D eigenvalue weighted by molar-refractivity contribution is 6.00. The van der Waals surface area contributed by atoms with E-state index in [0.29, 0.717) is 13.0 Å². The van der Waals surface area contributed by atoms with Gasteiger partial charge in [0, 0.05) is 18.5 Å². The maximum absolute atomic E-state index is 12.0. The van der Waals surface area contributed by atoms with Crippen molar-refractivity contribution in [2.75, 3.05) is 6.54 Å². The van der Waals surface area contributed by atoms with Crippen molar-refractivity contribution in [2.24, 2.45) is 0 Å². The zero-order valence-corrected chi connectivity index (χ0v) is 11.7. The van der Waals surface area contributed by atoms with E-state index >= 15 is 0 Å². The Morgan fingerprint density at radius 2 is 1.84 bits per heavy atom. The van der Waals surface area contributed by atoms with Crippen molar-refractivity contribution in [2.45, 2.75) is 45.1 Å². The minimum absolute atomic E-state index is 0.0192. The Hall–Kier alpha value is -1.64. The van der Waals surface area contributed by atoms with Gasteiger partial charge in [0.2, 0.25) is 5.91 Å². The summed E-state index contributed by atoms with van der Waals surface area (Å²) in [5.74, 6) is 0.0504. The number of carbonyl (C=O) groups excluding carboxylic acids is 2. The number of hydrogen-bond acceptors (Lipinski definition) is 2. The van der Waals surface area contributed by atoms with Gasteiger partial charge in [-0.15, -0.1) is 0 Å². The second-order valence-corrected chi connectivity index (χ2v) is 5.81. The third-order valence-corrected chi connectivity index (χ3v) is 3.86. The molecule has 1 saturated heterocycles. The molecule has 1 aliphatic rings. The summed E-state index contributed by atoms with van der Waals surface area (Å²) in [5, 5.41) is 0. The molecule has 3 nitrogen and oxygen atoms in total. The van der Waals surface area contributed by atoms with Crippen LogP contribution in [0.5, 0.6) is 0 Å². The fourth-order valence-corrected chi connectivity index (χ4v) is 2.58. The predicted octanol–water partition coefficient (Wildman–Crippen LogP) is 2.59. The molecule has 1 amide bonds. The first-order valence-electron chi connectivity index (χ1n) is 6.85. The van der Waals surface area contributed by atoms with Crippen LogP contribution < -0.4 is 0 Å². The summed E-state index contributed by atoms with van der Waals surface area (Å²) in [7, 11) is 0. The molecule has 0 saturated carbocycles. The van der Waals surface area contributed by atoms with Gasteiger partial charge in [-0.1, -0.05) is 30.3 Å². The average molecular weight is 259 g/mol. The third-order valence-electron chi connectivity index (χ3n) is 3.86. The van der Waals surface area contributed by atoms with E-state index in [-0.39, 0.29) is 23.7 Å². The van der Waals surface area contributed by atoms with E-state index in [4.69, 9.17) is 0 Å². The van der Waals surface area contributed by atoms with Gasteiger partial charge in [-0.25, -0.2) is 0 Å². The number of likely N-dealkylation sites (tertiary alicyclic amines) is 1. The highest BCUT2D eigenvalue weighted by atomic mass is 16.2.